The second-order valence-electron chi connectivity index (χ2n) is 6.45. The van der Waals surface area contributed by atoms with Crippen LogP contribution in [0.25, 0.3) is 0 Å². The number of benzene rings is 1. The second kappa shape index (κ2) is 8.43. The van der Waals surface area contributed by atoms with Gasteiger partial charge in [0.2, 0.25) is 0 Å². The van der Waals surface area contributed by atoms with Crippen molar-refractivity contribution in [2.45, 2.75) is 46.1 Å². The SMILES string of the molecule is CC(C)CNCCc1ccccc1CN1CCCCC1. The van der Waals surface area contributed by atoms with Crippen molar-refractivity contribution in [1.29, 1.82) is 0 Å². The Morgan fingerprint density at radius 3 is 2.45 bits per heavy atom. The maximum atomic E-state index is 3.55. The maximum Gasteiger partial charge on any atom is 0.0236 e. The topological polar surface area (TPSA) is 15.3 Å². The number of nitrogens with one attached hydrogen (secondary N) is 1. The molecule has 0 radical (unpaired) electrons. The molecule has 0 saturated carbocycles. The zero-order chi connectivity index (χ0) is 14.2. The summed E-state index contributed by atoms with van der Waals surface area (Å²) in [6.45, 7) is 10.4. The minimum absolute atomic E-state index is 0.735. The van der Waals surface area contributed by atoms with Crippen LogP contribution in [0.5, 0.6) is 0 Å². The van der Waals surface area contributed by atoms with Crippen LogP contribution in [0.15, 0.2) is 24.3 Å². The lowest BCUT2D eigenvalue weighted by Crippen LogP contribution is -2.29. The van der Waals surface area contributed by atoms with Crippen LogP contribution in [0.2, 0.25) is 0 Å². The molecule has 0 atom stereocenters. The van der Waals surface area contributed by atoms with E-state index in [2.05, 4.69) is 48.3 Å². The van der Waals surface area contributed by atoms with Crippen LogP contribution in [0.4, 0.5) is 0 Å². The molecule has 0 unspecified atom stereocenters. The van der Waals surface area contributed by atoms with Crippen molar-refractivity contribution in [2.75, 3.05) is 26.2 Å². The molecule has 1 aliphatic heterocycles. The molecule has 0 amide bonds. The van der Waals surface area contributed by atoms with Gasteiger partial charge in [-0.15, -0.1) is 0 Å². The first-order valence-corrected chi connectivity index (χ1v) is 8.25. The van der Waals surface area contributed by atoms with Crippen molar-refractivity contribution < 1.29 is 0 Å². The molecular formula is C18H30N2. The highest BCUT2D eigenvalue weighted by molar-refractivity contribution is 5.27. The lowest BCUT2D eigenvalue weighted by atomic mass is 10.0. The van der Waals surface area contributed by atoms with E-state index in [1.165, 1.54) is 43.5 Å². The van der Waals surface area contributed by atoms with E-state index in [1.807, 2.05) is 0 Å². The van der Waals surface area contributed by atoms with Gasteiger partial charge in [0.25, 0.3) is 0 Å². The van der Waals surface area contributed by atoms with Crippen molar-refractivity contribution >= 4 is 0 Å². The van der Waals surface area contributed by atoms with Crippen molar-refractivity contribution in [1.82, 2.24) is 10.2 Å². The van der Waals surface area contributed by atoms with E-state index in [-0.39, 0.29) is 0 Å². The fourth-order valence-corrected chi connectivity index (χ4v) is 2.93. The van der Waals surface area contributed by atoms with Crippen LogP contribution in [-0.4, -0.2) is 31.1 Å². The molecule has 1 fully saturated rings. The minimum atomic E-state index is 0.735. The van der Waals surface area contributed by atoms with E-state index in [0.29, 0.717) is 0 Å². The van der Waals surface area contributed by atoms with E-state index in [1.54, 1.807) is 0 Å². The van der Waals surface area contributed by atoms with Gasteiger partial charge in [0.1, 0.15) is 0 Å². The van der Waals surface area contributed by atoms with Crippen molar-refractivity contribution in [3.8, 4) is 0 Å². The minimum Gasteiger partial charge on any atom is -0.316 e. The predicted octanol–water partition coefficient (Wildman–Crippen LogP) is 3.46. The van der Waals surface area contributed by atoms with Crippen molar-refractivity contribution in [3.05, 3.63) is 35.4 Å². The molecule has 0 spiro atoms. The molecule has 1 N–H and O–H groups in total. The van der Waals surface area contributed by atoms with Crippen LogP contribution in [0, 0.1) is 5.92 Å². The average molecular weight is 274 g/mol. The summed E-state index contributed by atoms with van der Waals surface area (Å²) in [6.07, 6.45) is 5.31. The van der Waals surface area contributed by atoms with Crippen LogP contribution < -0.4 is 5.32 Å². The maximum absolute atomic E-state index is 3.55. The number of nitrogens with zero attached hydrogens (tertiary/aromatic N) is 1. The summed E-state index contributed by atoms with van der Waals surface area (Å²) in [4.78, 5) is 2.61. The molecule has 2 heteroatoms. The van der Waals surface area contributed by atoms with Gasteiger partial charge in [0.15, 0.2) is 0 Å². The third-order valence-corrected chi connectivity index (χ3v) is 4.08. The second-order valence-corrected chi connectivity index (χ2v) is 6.45. The molecule has 2 rings (SSSR count). The van der Waals surface area contributed by atoms with E-state index in [9.17, 15) is 0 Å². The summed E-state index contributed by atoms with van der Waals surface area (Å²) in [5.41, 5.74) is 3.05. The molecule has 1 aromatic rings. The van der Waals surface area contributed by atoms with E-state index >= 15 is 0 Å². The summed E-state index contributed by atoms with van der Waals surface area (Å²) < 4.78 is 0. The Labute approximate surface area is 124 Å². The molecule has 0 aliphatic carbocycles. The third kappa shape index (κ3) is 5.26. The van der Waals surface area contributed by atoms with Gasteiger partial charge in [-0.05, 0) is 62.5 Å². The Bertz CT molecular complexity index is 381. The first-order chi connectivity index (χ1) is 9.75. The van der Waals surface area contributed by atoms with Crippen molar-refractivity contribution in [2.24, 2.45) is 5.92 Å². The Morgan fingerprint density at radius 2 is 1.75 bits per heavy atom. The Balaban J connectivity index is 1.85. The van der Waals surface area contributed by atoms with Gasteiger partial charge in [0.05, 0.1) is 0 Å². The standard InChI is InChI=1S/C18H30N2/c1-16(2)14-19-11-10-17-8-4-5-9-18(17)15-20-12-6-3-7-13-20/h4-5,8-9,16,19H,3,6-7,10-15H2,1-2H3. The molecule has 112 valence electrons. The molecule has 1 aliphatic rings. The highest BCUT2D eigenvalue weighted by atomic mass is 15.1. The van der Waals surface area contributed by atoms with Gasteiger partial charge < -0.3 is 5.32 Å². The predicted molar refractivity (Wildman–Crippen MR) is 87.0 cm³/mol. The van der Waals surface area contributed by atoms with Crippen LogP contribution in [0.3, 0.4) is 0 Å². The van der Waals surface area contributed by atoms with E-state index in [0.717, 1.165) is 32.0 Å². The van der Waals surface area contributed by atoms with Gasteiger partial charge in [0, 0.05) is 6.54 Å². The number of likely N-dealkylation sites (tertiary alicyclic amines) is 1. The number of hydrogen-bond acceptors (Lipinski definition) is 2. The van der Waals surface area contributed by atoms with Gasteiger partial charge in [-0.2, -0.15) is 0 Å². The van der Waals surface area contributed by atoms with Crippen LogP contribution >= 0.6 is 0 Å². The molecule has 2 nitrogen and oxygen atoms in total. The zero-order valence-electron chi connectivity index (χ0n) is 13.2. The summed E-state index contributed by atoms with van der Waals surface area (Å²) in [6, 6.07) is 8.98. The van der Waals surface area contributed by atoms with Crippen LogP contribution in [-0.2, 0) is 13.0 Å². The zero-order valence-corrected chi connectivity index (χ0v) is 13.2. The lowest BCUT2D eigenvalue weighted by Gasteiger charge is -2.27. The summed E-state index contributed by atoms with van der Waals surface area (Å²) in [7, 11) is 0. The van der Waals surface area contributed by atoms with Gasteiger partial charge in [-0.25, -0.2) is 0 Å². The van der Waals surface area contributed by atoms with Gasteiger partial charge >= 0.3 is 0 Å². The molecular weight excluding hydrogens is 244 g/mol. The van der Waals surface area contributed by atoms with Gasteiger partial charge in [-0.1, -0.05) is 44.5 Å². The molecule has 1 aromatic carbocycles. The van der Waals surface area contributed by atoms with E-state index < -0.39 is 0 Å². The Hall–Kier alpha value is -0.860. The van der Waals surface area contributed by atoms with E-state index in [4.69, 9.17) is 0 Å². The third-order valence-electron chi connectivity index (χ3n) is 4.08. The molecule has 1 heterocycles. The highest BCUT2D eigenvalue weighted by Crippen LogP contribution is 2.16. The normalized spacial score (nSPS) is 16.8. The largest absolute Gasteiger partial charge is 0.316 e. The quantitative estimate of drug-likeness (QED) is 0.766. The summed E-state index contributed by atoms with van der Waals surface area (Å²) in [5, 5.41) is 3.55. The number of hydrogen-bond donors (Lipinski definition) is 1. The molecule has 0 aromatic heterocycles. The highest BCUT2D eigenvalue weighted by Gasteiger charge is 2.12. The molecule has 1 saturated heterocycles. The first kappa shape index (κ1) is 15.5. The Morgan fingerprint density at radius 1 is 1.05 bits per heavy atom. The fraction of sp³-hybridized carbons (Fsp3) is 0.667. The van der Waals surface area contributed by atoms with Gasteiger partial charge in [-0.3, -0.25) is 4.90 Å². The monoisotopic (exact) mass is 274 g/mol. The van der Waals surface area contributed by atoms with Crippen LogP contribution in [0.1, 0.15) is 44.2 Å². The lowest BCUT2D eigenvalue weighted by molar-refractivity contribution is 0.220. The summed E-state index contributed by atoms with van der Waals surface area (Å²) in [5.74, 6) is 0.735. The molecule has 0 bridgehead atoms. The van der Waals surface area contributed by atoms with Crippen molar-refractivity contribution in [3.63, 3.8) is 0 Å². The first-order valence-electron chi connectivity index (χ1n) is 8.25. The Kier molecular flexibility index (Phi) is 6.55. The average Bonchev–Trinajstić information content (AvgIpc) is 2.46. The number of rotatable bonds is 7. The smallest absolute Gasteiger partial charge is 0.0236 e. The number of piperidine rings is 1. The fourth-order valence-electron chi connectivity index (χ4n) is 2.93. The summed E-state index contributed by atoms with van der Waals surface area (Å²) >= 11 is 0. The molecule has 20 heavy (non-hydrogen) atoms.